The van der Waals surface area contributed by atoms with Crippen molar-refractivity contribution in [3.8, 4) is 0 Å². The zero-order chi connectivity index (χ0) is 29.8. The number of aromatic nitrogens is 1. The Morgan fingerprint density at radius 2 is 1.40 bits per heavy atom. The molecular weight excluding hydrogens is 548 g/mol. The summed E-state index contributed by atoms with van der Waals surface area (Å²) in [6.07, 6.45) is 4.28. The Morgan fingerprint density at radius 1 is 0.786 bits per heavy atom. The summed E-state index contributed by atoms with van der Waals surface area (Å²) in [5, 5.41) is 3.02. The first-order chi connectivity index (χ1) is 20.4. The fraction of sp³-hybridized carbons (Fsp3) is 0.242. The van der Waals surface area contributed by atoms with E-state index in [0.717, 1.165) is 22.3 Å². The van der Waals surface area contributed by atoms with Gasteiger partial charge in [-0.1, -0.05) is 79.7 Å². The fourth-order valence-corrected chi connectivity index (χ4v) is 5.69. The summed E-state index contributed by atoms with van der Waals surface area (Å²) in [5.74, 6) is -0.402. The predicted octanol–water partition coefficient (Wildman–Crippen LogP) is 4.27. The molecule has 0 aliphatic carbocycles. The van der Waals surface area contributed by atoms with Gasteiger partial charge >= 0.3 is 0 Å². The second-order valence-electron chi connectivity index (χ2n) is 9.93. The fourth-order valence-electron chi connectivity index (χ4n) is 4.65. The van der Waals surface area contributed by atoms with Crippen LogP contribution >= 0.6 is 0 Å². The number of nitrogens with one attached hydrogen (secondary N) is 2. The molecule has 3 aromatic carbocycles. The smallest absolute Gasteiger partial charge is 0.243 e. The summed E-state index contributed by atoms with van der Waals surface area (Å²) in [5.41, 5.74) is 3.62. The van der Waals surface area contributed by atoms with Crippen LogP contribution in [0.15, 0.2) is 114 Å². The molecule has 2 amide bonds. The van der Waals surface area contributed by atoms with Crippen LogP contribution in [0.2, 0.25) is 0 Å². The maximum atomic E-state index is 13.9. The summed E-state index contributed by atoms with van der Waals surface area (Å²) < 4.78 is 27.1. The molecule has 4 aromatic rings. The van der Waals surface area contributed by atoms with Gasteiger partial charge in [0, 0.05) is 44.9 Å². The zero-order valence-electron chi connectivity index (χ0n) is 23.6. The summed E-state index contributed by atoms with van der Waals surface area (Å²) >= 11 is 0. The molecule has 4 rings (SSSR count). The van der Waals surface area contributed by atoms with E-state index in [0.29, 0.717) is 25.9 Å². The molecule has 2 N–H and O–H groups in total. The van der Waals surface area contributed by atoms with Crippen molar-refractivity contribution >= 4 is 21.8 Å². The summed E-state index contributed by atoms with van der Waals surface area (Å²) in [7, 11) is -3.56. The molecule has 218 valence electrons. The van der Waals surface area contributed by atoms with Crippen molar-refractivity contribution in [2.24, 2.45) is 0 Å². The number of benzene rings is 3. The second kappa shape index (κ2) is 15.0. The lowest BCUT2D eigenvalue weighted by Crippen LogP contribution is -2.50. The van der Waals surface area contributed by atoms with Crippen molar-refractivity contribution in [3.05, 3.63) is 132 Å². The number of sulfonamides is 1. The van der Waals surface area contributed by atoms with Crippen LogP contribution in [-0.2, 0) is 45.5 Å². The van der Waals surface area contributed by atoms with Gasteiger partial charge in [0.1, 0.15) is 6.04 Å². The number of nitrogens with zero attached hydrogens (tertiary/aromatic N) is 2. The first-order valence-electron chi connectivity index (χ1n) is 14.0. The molecule has 1 atom stereocenters. The Morgan fingerprint density at radius 3 is 2.02 bits per heavy atom. The molecule has 0 bridgehead atoms. The third-order valence-corrected chi connectivity index (χ3v) is 8.44. The van der Waals surface area contributed by atoms with Crippen LogP contribution in [0.3, 0.4) is 0 Å². The quantitative estimate of drug-likeness (QED) is 0.230. The molecule has 1 aromatic heterocycles. The molecule has 0 saturated carbocycles. The Balaban J connectivity index is 1.56. The number of aryl methyl sites for hydroxylation is 1. The molecule has 1 heterocycles. The first kappa shape index (κ1) is 30.6. The van der Waals surface area contributed by atoms with Gasteiger partial charge in [0.05, 0.1) is 4.90 Å². The SMILES string of the molecule is CCNS(=O)(=O)c1ccc(CCC(=O)N(Cc2ccccc2)C(Cc2ccccc2)C(=O)NCc2ccncc2)cc1. The minimum absolute atomic E-state index is 0.162. The summed E-state index contributed by atoms with van der Waals surface area (Å²) in [6.45, 7) is 2.63. The summed E-state index contributed by atoms with van der Waals surface area (Å²) in [6, 6.07) is 28.8. The van der Waals surface area contributed by atoms with E-state index in [-0.39, 0.29) is 29.7 Å². The van der Waals surface area contributed by atoms with Crippen LogP contribution in [0, 0.1) is 0 Å². The van der Waals surface area contributed by atoms with Crippen molar-refractivity contribution in [1.29, 1.82) is 0 Å². The predicted molar refractivity (Wildman–Crippen MR) is 163 cm³/mol. The number of amides is 2. The van der Waals surface area contributed by atoms with Gasteiger partial charge in [-0.25, -0.2) is 13.1 Å². The van der Waals surface area contributed by atoms with E-state index >= 15 is 0 Å². The van der Waals surface area contributed by atoms with E-state index in [2.05, 4.69) is 15.0 Å². The van der Waals surface area contributed by atoms with Gasteiger partial charge in [-0.05, 0) is 52.9 Å². The topological polar surface area (TPSA) is 108 Å². The number of hydrogen-bond acceptors (Lipinski definition) is 5. The van der Waals surface area contributed by atoms with Crippen LogP contribution in [0.5, 0.6) is 0 Å². The van der Waals surface area contributed by atoms with Crippen molar-refractivity contribution in [1.82, 2.24) is 19.9 Å². The van der Waals surface area contributed by atoms with Crippen molar-refractivity contribution < 1.29 is 18.0 Å². The van der Waals surface area contributed by atoms with E-state index < -0.39 is 16.1 Å². The van der Waals surface area contributed by atoms with E-state index in [1.807, 2.05) is 72.8 Å². The van der Waals surface area contributed by atoms with Crippen molar-refractivity contribution in [2.45, 2.75) is 50.2 Å². The monoisotopic (exact) mass is 584 g/mol. The van der Waals surface area contributed by atoms with Gasteiger partial charge in [0.2, 0.25) is 21.8 Å². The van der Waals surface area contributed by atoms with Gasteiger partial charge in [-0.3, -0.25) is 14.6 Å². The molecule has 0 spiro atoms. The van der Waals surface area contributed by atoms with Crippen LogP contribution in [-0.4, -0.2) is 42.7 Å². The Labute approximate surface area is 247 Å². The highest BCUT2D eigenvalue weighted by molar-refractivity contribution is 7.89. The molecule has 0 aliphatic heterocycles. The number of carbonyl (C=O) groups is 2. The van der Waals surface area contributed by atoms with Gasteiger partial charge in [-0.2, -0.15) is 0 Å². The minimum atomic E-state index is -3.56. The minimum Gasteiger partial charge on any atom is -0.350 e. The molecule has 0 radical (unpaired) electrons. The standard InChI is InChI=1S/C33H36N4O4S/c1-2-36-42(40,41)30-16-13-26(14-17-30)15-18-32(38)37(25-29-11-7-4-8-12-29)31(23-27-9-5-3-6-10-27)33(39)35-24-28-19-21-34-22-20-28/h3-14,16-17,19-22,31,36H,2,15,18,23-25H2,1H3,(H,35,39). The molecule has 0 fully saturated rings. The largest absolute Gasteiger partial charge is 0.350 e. The second-order valence-corrected chi connectivity index (χ2v) is 11.7. The van der Waals surface area contributed by atoms with Gasteiger partial charge in [0.25, 0.3) is 0 Å². The zero-order valence-corrected chi connectivity index (χ0v) is 24.5. The van der Waals surface area contributed by atoms with E-state index in [9.17, 15) is 18.0 Å². The third kappa shape index (κ3) is 8.83. The number of pyridine rings is 1. The number of hydrogen-bond donors (Lipinski definition) is 2. The lowest BCUT2D eigenvalue weighted by molar-refractivity contribution is -0.141. The van der Waals surface area contributed by atoms with Crippen LogP contribution < -0.4 is 10.0 Å². The molecule has 0 aliphatic rings. The van der Waals surface area contributed by atoms with Crippen molar-refractivity contribution in [3.63, 3.8) is 0 Å². The normalized spacial score (nSPS) is 11.9. The Kier molecular flexibility index (Phi) is 11.0. The molecule has 0 saturated heterocycles. The van der Waals surface area contributed by atoms with Crippen molar-refractivity contribution in [2.75, 3.05) is 6.54 Å². The van der Waals surface area contributed by atoms with E-state index in [4.69, 9.17) is 0 Å². The Bertz CT molecular complexity index is 1530. The van der Waals surface area contributed by atoms with Crippen LogP contribution in [0.1, 0.15) is 35.6 Å². The average molecular weight is 585 g/mol. The van der Waals surface area contributed by atoms with E-state index in [1.165, 1.54) is 0 Å². The highest BCUT2D eigenvalue weighted by Gasteiger charge is 2.30. The van der Waals surface area contributed by atoms with Crippen LogP contribution in [0.4, 0.5) is 0 Å². The van der Waals surface area contributed by atoms with Crippen LogP contribution in [0.25, 0.3) is 0 Å². The highest BCUT2D eigenvalue weighted by Crippen LogP contribution is 2.18. The average Bonchev–Trinajstić information content (AvgIpc) is 3.02. The highest BCUT2D eigenvalue weighted by atomic mass is 32.2. The molecule has 42 heavy (non-hydrogen) atoms. The maximum Gasteiger partial charge on any atom is 0.243 e. The molecule has 9 heteroatoms. The van der Waals surface area contributed by atoms with Gasteiger partial charge in [-0.15, -0.1) is 0 Å². The Hall–Kier alpha value is -4.34. The van der Waals surface area contributed by atoms with Gasteiger partial charge < -0.3 is 10.2 Å². The third-order valence-electron chi connectivity index (χ3n) is 6.88. The number of carbonyl (C=O) groups excluding carboxylic acids is 2. The maximum absolute atomic E-state index is 13.9. The lowest BCUT2D eigenvalue weighted by Gasteiger charge is -2.31. The lowest BCUT2D eigenvalue weighted by atomic mass is 10.0. The van der Waals surface area contributed by atoms with E-state index in [1.54, 1.807) is 48.5 Å². The molecule has 1 unspecified atom stereocenters. The van der Waals surface area contributed by atoms with Gasteiger partial charge in [0.15, 0.2) is 0 Å². The molecular formula is C33H36N4O4S. The summed E-state index contributed by atoms with van der Waals surface area (Å²) in [4.78, 5) is 33.5. The first-order valence-corrected chi connectivity index (χ1v) is 15.5. The molecule has 8 nitrogen and oxygen atoms in total. The number of rotatable bonds is 14.